The van der Waals surface area contributed by atoms with Crippen LogP contribution >= 0.6 is 0 Å². The molecule has 2 aromatic carbocycles. The molecule has 0 aliphatic rings. The van der Waals surface area contributed by atoms with E-state index in [1.54, 1.807) is 18.2 Å². The number of aromatic amines is 1. The molecule has 168 valence electrons. The third-order valence-corrected chi connectivity index (χ3v) is 4.67. The molecule has 0 saturated heterocycles. The highest BCUT2D eigenvalue weighted by atomic mass is 19.4. The van der Waals surface area contributed by atoms with Crippen molar-refractivity contribution in [1.82, 2.24) is 9.97 Å². The zero-order valence-electron chi connectivity index (χ0n) is 16.5. The number of aromatic nitrogens is 2. The van der Waals surface area contributed by atoms with Gasteiger partial charge in [0.1, 0.15) is 17.2 Å². The number of aromatic hydroxyl groups is 1. The average molecular weight is 458 g/mol. The van der Waals surface area contributed by atoms with Gasteiger partial charge in [-0.2, -0.15) is 13.2 Å². The molecule has 4 rings (SSSR count). The number of alkyl halides is 3. The van der Waals surface area contributed by atoms with Crippen molar-refractivity contribution >= 4 is 34.0 Å². The molecule has 2 heterocycles. The lowest BCUT2D eigenvalue weighted by Crippen LogP contribution is -2.19. The standard InChI is InChI=1S/C22H14F4N4O3/c23-11-1-6-14(15(9-11)22(24,25)26)21(33)29-13-4-2-12(3-5-13)28-16-7-8-27-20-19(16)17(31)10-18(32)30-20/h1-10H,(H,29,33)(H3,27,28,30,31,32). The number of hydrogen-bond donors (Lipinski definition) is 4. The molecule has 7 nitrogen and oxygen atoms in total. The Hall–Kier alpha value is -4.41. The van der Waals surface area contributed by atoms with Crippen molar-refractivity contribution in [3.8, 4) is 5.75 Å². The number of halogens is 4. The van der Waals surface area contributed by atoms with E-state index in [0.29, 0.717) is 11.4 Å². The maximum Gasteiger partial charge on any atom is 0.417 e. The Morgan fingerprint density at radius 1 is 1.00 bits per heavy atom. The predicted molar refractivity (Wildman–Crippen MR) is 113 cm³/mol. The number of pyridine rings is 2. The zero-order valence-corrected chi connectivity index (χ0v) is 16.5. The SMILES string of the molecule is O=C(Nc1ccc(Nc2ccnc3[nH]c(=O)cc(O)c23)cc1)c1ccc(F)cc1C(F)(F)F. The van der Waals surface area contributed by atoms with E-state index < -0.39 is 34.6 Å². The Balaban J connectivity index is 1.55. The lowest BCUT2D eigenvalue weighted by molar-refractivity contribution is -0.138. The van der Waals surface area contributed by atoms with Crippen molar-refractivity contribution in [2.45, 2.75) is 6.18 Å². The van der Waals surface area contributed by atoms with Gasteiger partial charge in [-0.05, 0) is 48.5 Å². The van der Waals surface area contributed by atoms with Crippen LogP contribution in [0.25, 0.3) is 11.0 Å². The van der Waals surface area contributed by atoms with Gasteiger partial charge in [0.15, 0.2) is 0 Å². The summed E-state index contributed by atoms with van der Waals surface area (Å²) in [4.78, 5) is 30.4. The Labute approximate surface area is 182 Å². The monoisotopic (exact) mass is 458 g/mol. The number of carbonyl (C=O) groups excluding carboxylic acids is 1. The average Bonchev–Trinajstić information content (AvgIpc) is 2.74. The van der Waals surface area contributed by atoms with Gasteiger partial charge in [0.2, 0.25) is 0 Å². The van der Waals surface area contributed by atoms with E-state index in [-0.39, 0.29) is 28.5 Å². The molecule has 0 radical (unpaired) electrons. The fourth-order valence-corrected chi connectivity index (χ4v) is 3.21. The largest absolute Gasteiger partial charge is 0.507 e. The summed E-state index contributed by atoms with van der Waals surface area (Å²) in [6.45, 7) is 0. The van der Waals surface area contributed by atoms with Crippen molar-refractivity contribution in [3.63, 3.8) is 0 Å². The van der Waals surface area contributed by atoms with Gasteiger partial charge in [-0.3, -0.25) is 9.59 Å². The molecule has 11 heteroatoms. The van der Waals surface area contributed by atoms with Gasteiger partial charge in [-0.1, -0.05) is 0 Å². The maximum absolute atomic E-state index is 13.3. The van der Waals surface area contributed by atoms with Crippen LogP contribution in [-0.2, 0) is 6.18 Å². The molecule has 0 atom stereocenters. The van der Waals surface area contributed by atoms with E-state index >= 15 is 0 Å². The van der Waals surface area contributed by atoms with Gasteiger partial charge in [-0.15, -0.1) is 0 Å². The third-order valence-electron chi connectivity index (χ3n) is 4.67. The van der Waals surface area contributed by atoms with E-state index in [1.807, 2.05) is 0 Å². The van der Waals surface area contributed by atoms with E-state index in [1.165, 1.54) is 18.3 Å². The first-order valence-corrected chi connectivity index (χ1v) is 9.38. The first-order valence-electron chi connectivity index (χ1n) is 9.38. The molecular weight excluding hydrogens is 444 g/mol. The Morgan fingerprint density at radius 3 is 2.39 bits per heavy atom. The van der Waals surface area contributed by atoms with Crippen LogP contribution in [0.4, 0.5) is 34.6 Å². The molecule has 0 spiro atoms. The summed E-state index contributed by atoms with van der Waals surface area (Å²) < 4.78 is 52.7. The molecule has 0 fully saturated rings. The van der Waals surface area contributed by atoms with E-state index in [0.717, 1.165) is 18.2 Å². The van der Waals surface area contributed by atoms with Gasteiger partial charge in [0.05, 0.1) is 22.2 Å². The molecule has 2 aromatic heterocycles. The highest BCUT2D eigenvalue weighted by Crippen LogP contribution is 2.33. The molecule has 0 saturated carbocycles. The molecule has 0 bridgehead atoms. The number of hydrogen-bond acceptors (Lipinski definition) is 5. The summed E-state index contributed by atoms with van der Waals surface area (Å²) in [5, 5.41) is 15.8. The third kappa shape index (κ3) is 4.61. The minimum absolute atomic E-state index is 0.175. The van der Waals surface area contributed by atoms with Crippen LogP contribution in [0.5, 0.6) is 5.75 Å². The Morgan fingerprint density at radius 2 is 1.70 bits per heavy atom. The minimum Gasteiger partial charge on any atom is -0.507 e. The van der Waals surface area contributed by atoms with Crippen LogP contribution < -0.4 is 16.2 Å². The molecule has 0 unspecified atom stereocenters. The highest BCUT2D eigenvalue weighted by Gasteiger charge is 2.35. The van der Waals surface area contributed by atoms with Crippen molar-refractivity contribution < 1.29 is 27.5 Å². The smallest absolute Gasteiger partial charge is 0.417 e. The molecule has 0 aliphatic heterocycles. The number of nitrogens with one attached hydrogen (secondary N) is 3. The summed E-state index contributed by atoms with van der Waals surface area (Å²) in [6, 6.07) is 10.4. The molecule has 0 aliphatic carbocycles. The van der Waals surface area contributed by atoms with E-state index in [2.05, 4.69) is 20.6 Å². The minimum atomic E-state index is -4.90. The second kappa shape index (κ2) is 8.26. The first-order chi connectivity index (χ1) is 15.6. The number of benzene rings is 2. The van der Waals surface area contributed by atoms with Gasteiger partial charge >= 0.3 is 6.18 Å². The molecule has 4 N–H and O–H groups in total. The van der Waals surface area contributed by atoms with Crippen molar-refractivity contribution in [2.75, 3.05) is 10.6 Å². The van der Waals surface area contributed by atoms with Crippen LogP contribution in [0.3, 0.4) is 0 Å². The normalized spacial score (nSPS) is 11.4. The number of fused-ring (bicyclic) bond motifs is 1. The molecule has 33 heavy (non-hydrogen) atoms. The fourth-order valence-electron chi connectivity index (χ4n) is 3.21. The lowest BCUT2D eigenvalue weighted by Gasteiger charge is -2.14. The van der Waals surface area contributed by atoms with Crippen LogP contribution in [0, 0.1) is 5.82 Å². The predicted octanol–water partition coefficient (Wildman–Crippen LogP) is 4.78. The summed E-state index contributed by atoms with van der Waals surface area (Å²) in [5.41, 5.74) is -1.27. The second-order valence-electron chi connectivity index (χ2n) is 6.95. The van der Waals surface area contributed by atoms with Crippen LogP contribution in [0.1, 0.15) is 15.9 Å². The van der Waals surface area contributed by atoms with Gasteiger partial charge < -0.3 is 20.7 Å². The summed E-state index contributed by atoms with van der Waals surface area (Å²) >= 11 is 0. The van der Waals surface area contributed by atoms with Crippen molar-refractivity contribution in [3.05, 3.63) is 88.1 Å². The van der Waals surface area contributed by atoms with Crippen molar-refractivity contribution in [2.24, 2.45) is 0 Å². The van der Waals surface area contributed by atoms with Gasteiger partial charge in [0, 0.05) is 23.6 Å². The highest BCUT2D eigenvalue weighted by molar-refractivity contribution is 6.05. The maximum atomic E-state index is 13.3. The van der Waals surface area contributed by atoms with Crippen molar-refractivity contribution in [1.29, 1.82) is 0 Å². The second-order valence-corrected chi connectivity index (χ2v) is 6.95. The van der Waals surface area contributed by atoms with Gasteiger partial charge in [-0.25, -0.2) is 9.37 Å². The number of rotatable bonds is 4. The van der Waals surface area contributed by atoms with Crippen LogP contribution in [-0.4, -0.2) is 21.0 Å². The van der Waals surface area contributed by atoms with E-state index in [4.69, 9.17) is 0 Å². The molecule has 4 aromatic rings. The summed E-state index contributed by atoms with van der Waals surface area (Å²) in [7, 11) is 0. The Kier molecular flexibility index (Phi) is 5.46. The summed E-state index contributed by atoms with van der Waals surface area (Å²) in [6.07, 6.45) is -3.47. The number of amides is 1. The first kappa shape index (κ1) is 21.8. The van der Waals surface area contributed by atoms with Crippen LogP contribution in [0.2, 0.25) is 0 Å². The molecule has 1 amide bonds. The summed E-state index contributed by atoms with van der Waals surface area (Å²) in [5.74, 6) is -2.42. The van der Waals surface area contributed by atoms with E-state index in [9.17, 15) is 32.3 Å². The molecular formula is C22H14F4N4O3. The number of carbonyl (C=O) groups is 1. The lowest BCUT2D eigenvalue weighted by atomic mass is 10.1. The Bertz CT molecular complexity index is 1420. The van der Waals surface area contributed by atoms with Crippen LogP contribution in [0.15, 0.2) is 65.6 Å². The fraction of sp³-hybridized carbons (Fsp3) is 0.0455. The van der Waals surface area contributed by atoms with Gasteiger partial charge in [0.25, 0.3) is 11.5 Å². The zero-order chi connectivity index (χ0) is 23.8. The number of anilines is 3. The number of H-pyrrole nitrogens is 1. The topological polar surface area (TPSA) is 107 Å². The quantitative estimate of drug-likeness (QED) is 0.329. The number of nitrogens with zero attached hydrogens (tertiary/aromatic N) is 1.